The summed E-state index contributed by atoms with van der Waals surface area (Å²) in [5, 5.41) is 21.8. The normalized spacial score (nSPS) is 45.6. The lowest BCUT2D eigenvalue weighted by Crippen LogP contribution is -2.55. The fraction of sp³-hybridized carbons (Fsp3) is 0.900. The van der Waals surface area contributed by atoms with Gasteiger partial charge in [-0.2, -0.15) is 0 Å². The van der Waals surface area contributed by atoms with Gasteiger partial charge in [-0.25, -0.2) is 0 Å². The number of carbonyl (C=O) groups excluding carboxylic acids is 1. The van der Waals surface area contributed by atoms with E-state index in [1.165, 1.54) is 18.4 Å². The third-order valence-corrected chi connectivity index (χ3v) is 11.7. The molecule has 2 N–H and O–H groups in total. The molecule has 0 bridgehead atoms. The van der Waals surface area contributed by atoms with Crippen molar-refractivity contribution in [3.63, 3.8) is 0 Å². The van der Waals surface area contributed by atoms with Gasteiger partial charge in [-0.1, -0.05) is 60.5 Å². The molecular weight excluding hydrogens is 408 g/mol. The Kier molecular flexibility index (Phi) is 7.00. The van der Waals surface area contributed by atoms with Crippen molar-refractivity contribution >= 4 is 5.78 Å². The van der Waals surface area contributed by atoms with Crippen LogP contribution >= 0.6 is 0 Å². The second kappa shape index (κ2) is 9.08. The molecule has 0 heterocycles. The van der Waals surface area contributed by atoms with Gasteiger partial charge in [0, 0.05) is 5.92 Å². The fourth-order valence-electron chi connectivity index (χ4n) is 9.44. The van der Waals surface area contributed by atoms with Crippen molar-refractivity contribution in [3.8, 4) is 0 Å². The van der Waals surface area contributed by atoms with Crippen molar-refractivity contribution in [1.29, 1.82) is 0 Å². The van der Waals surface area contributed by atoms with Gasteiger partial charge in [0.2, 0.25) is 0 Å². The molecule has 0 saturated heterocycles. The average molecular weight is 459 g/mol. The summed E-state index contributed by atoms with van der Waals surface area (Å²) in [7, 11) is 0. The minimum absolute atomic E-state index is 0.00400. The first kappa shape index (κ1) is 25.4. The Morgan fingerprint density at radius 3 is 2.30 bits per heavy atom. The van der Waals surface area contributed by atoms with E-state index in [1.807, 2.05) is 6.08 Å². The standard InChI is InChI=1S/C30H50O3/c1-8-20(17(2)3)15-26(32)18(4)22-9-10-23-21-16-27(33)28-19(5)25(31)12-14-30(28,7)24(21)11-13-29(22,23)6/h16-20,22-26,28,31-32H,8-15H2,1-7H3. The van der Waals surface area contributed by atoms with Crippen LogP contribution in [0.4, 0.5) is 0 Å². The lowest BCUT2D eigenvalue weighted by molar-refractivity contribution is -0.139. The van der Waals surface area contributed by atoms with Crippen molar-refractivity contribution in [3.05, 3.63) is 11.6 Å². The lowest BCUT2D eigenvalue weighted by atomic mass is 9.46. The maximum Gasteiger partial charge on any atom is 0.159 e. The molecule has 0 aromatic carbocycles. The van der Waals surface area contributed by atoms with Crippen LogP contribution in [-0.4, -0.2) is 28.2 Å². The highest BCUT2D eigenvalue weighted by Crippen LogP contribution is 2.67. The van der Waals surface area contributed by atoms with Gasteiger partial charge < -0.3 is 10.2 Å². The SMILES string of the molecule is CCC(CC(O)C(C)C1CCC2C3=CC(=O)C4C(C)C(O)CCC4(C)C3CCC21C)C(C)C. The summed E-state index contributed by atoms with van der Waals surface area (Å²) < 4.78 is 0. The van der Waals surface area contributed by atoms with Gasteiger partial charge in [0.05, 0.1) is 12.2 Å². The molecule has 4 aliphatic carbocycles. The van der Waals surface area contributed by atoms with E-state index < -0.39 is 0 Å². The minimum Gasteiger partial charge on any atom is -0.393 e. The Labute approximate surface area is 202 Å². The lowest BCUT2D eigenvalue weighted by Gasteiger charge is -2.58. The zero-order chi connectivity index (χ0) is 24.3. The highest BCUT2D eigenvalue weighted by Gasteiger charge is 2.61. The molecule has 0 radical (unpaired) electrons. The van der Waals surface area contributed by atoms with Gasteiger partial charge in [0.1, 0.15) is 0 Å². The molecule has 11 unspecified atom stereocenters. The van der Waals surface area contributed by atoms with Crippen LogP contribution in [0.3, 0.4) is 0 Å². The summed E-state index contributed by atoms with van der Waals surface area (Å²) in [6.07, 6.45) is 10.0. The Balaban J connectivity index is 1.58. The largest absolute Gasteiger partial charge is 0.393 e. The van der Waals surface area contributed by atoms with Crippen molar-refractivity contribution in [2.45, 2.75) is 112 Å². The van der Waals surface area contributed by atoms with E-state index in [9.17, 15) is 15.0 Å². The molecule has 3 fully saturated rings. The Morgan fingerprint density at radius 1 is 1.03 bits per heavy atom. The molecule has 4 aliphatic rings. The first-order valence-electron chi connectivity index (χ1n) is 14.1. The second-order valence-electron chi connectivity index (χ2n) is 13.4. The Hall–Kier alpha value is -0.670. The number of allylic oxidation sites excluding steroid dienone is 2. The Bertz CT molecular complexity index is 771. The summed E-state index contributed by atoms with van der Waals surface area (Å²) in [5.74, 6) is 3.29. The van der Waals surface area contributed by atoms with Crippen molar-refractivity contribution < 1.29 is 15.0 Å². The number of ketones is 1. The molecule has 11 atom stereocenters. The third kappa shape index (κ3) is 3.98. The van der Waals surface area contributed by atoms with E-state index in [1.54, 1.807) is 0 Å². The molecule has 0 aliphatic heterocycles. The maximum absolute atomic E-state index is 13.5. The molecule has 3 saturated carbocycles. The zero-order valence-corrected chi connectivity index (χ0v) is 22.3. The number of hydrogen-bond acceptors (Lipinski definition) is 3. The quantitative estimate of drug-likeness (QED) is 0.483. The smallest absolute Gasteiger partial charge is 0.159 e. The van der Waals surface area contributed by atoms with E-state index >= 15 is 0 Å². The first-order chi connectivity index (χ1) is 15.5. The predicted octanol–water partition coefficient (Wildman–Crippen LogP) is 6.42. The third-order valence-electron chi connectivity index (χ3n) is 11.7. The highest BCUT2D eigenvalue weighted by molar-refractivity contribution is 5.94. The van der Waals surface area contributed by atoms with Gasteiger partial charge >= 0.3 is 0 Å². The van der Waals surface area contributed by atoms with Gasteiger partial charge in [0.25, 0.3) is 0 Å². The fourth-order valence-corrected chi connectivity index (χ4v) is 9.44. The average Bonchev–Trinajstić information content (AvgIpc) is 3.11. The van der Waals surface area contributed by atoms with Gasteiger partial charge in [-0.05, 0) is 103 Å². The number of carbonyl (C=O) groups is 1. The van der Waals surface area contributed by atoms with Crippen molar-refractivity contribution in [2.75, 3.05) is 0 Å². The summed E-state index contributed by atoms with van der Waals surface area (Å²) in [6.45, 7) is 16.0. The number of aliphatic hydroxyl groups excluding tert-OH is 2. The van der Waals surface area contributed by atoms with Crippen molar-refractivity contribution in [2.24, 2.45) is 58.2 Å². The number of aliphatic hydroxyl groups is 2. The van der Waals surface area contributed by atoms with E-state index in [0.717, 1.165) is 38.5 Å². The van der Waals surface area contributed by atoms with Gasteiger partial charge in [-0.3, -0.25) is 4.79 Å². The zero-order valence-electron chi connectivity index (χ0n) is 22.3. The van der Waals surface area contributed by atoms with E-state index in [-0.39, 0.29) is 40.7 Å². The molecule has 4 rings (SSSR count). The monoisotopic (exact) mass is 458 g/mol. The minimum atomic E-state index is -0.341. The second-order valence-corrected chi connectivity index (χ2v) is 13.4. The summed E-state index contributed by atoms with van der Waals surface area (Å²) in [5.41, 5.74) is 1.62. The molecule has 0 amide bonds. The van der Waals surface area contributed by atoms with Crippen LogP contribution in [0, 0.1) is 58.2 Å². The van der Waals surface area contributed by atoms with Crippen LogP contribution in [0.1, 0.15) is 99.8 Å². The molecule has 33 heavy (non-hydrogen) atoms. The van der Waals surface area contributed by atoms with Crippen LogP contribution in [0.2, 0.25) is 0 Å². The summed E-state index contributed by atoms with van der Waals surface area (Å²) in [6, 6.07) is 0. The first-order valence-corrected chi connectivity index (χ1v) is 14.1. The molecule has 0 spiro atoms. The van der Waals surface area contributed by atoms with E-state index in [0.29, 0.717) is 35.5 Å². The molecule has 0 aromatic rings. The van der Waals surface area contributed by atoms with E-state index in [4.69, 9.17) is 0 Å². The summed E-state index contributed by atoms with van der Waals surface area (Å²) >= 11 is 0. The van der Waals surface area contributed by atoms with Gasteiger partial charge in [-0.15, -0.1) is 0 Å². The molecule has 0 aromatic heterocycles. The van der Waals surface area contributed by atoms with Crippen LogP contribution < -0.4 is 0 Å². The van der Waals surface area contributed by atoms with E-state index in [2.05, 4.69) is 48.5 Å². The molecule has 188 valence electrons. The van der Waals surface area contributed by atoms with Gasteiger partial charge in [0.15, 0.2) is 5.78 Å². The highest BCUT2D eigenvalue weighted by atomic mass is 16.3. The van der Waals surface area contributed by atoms with Crippen LogP contribution in [-0.2, 0) is 4.79 Å². The topological polar surface area (TPSA) is 57.5 Å². The molecular formula is C30H50O3. The number of rotatable bonds is 6. The summed E-state index contributed by atoms with van der Waals surface area (Å²) in [4.78, 5) is 13.5. The van der Waals surface area contributed by atoms with Crippen LogP contribution in [0.15, 0.2) is 11.6 Å². The Morgan fingerprint density at radius 2 is 1.67 bits per heavy atom. The van der Waals surface area contributed by atoms with Crippen molar-refractivity contribution in [1.82, 2.24) is 0 Å². The number of hydrogen-bond donors (Lipinski definition) is 2. The molecule has 3 heteroatoms. The number of fused-ring (bicyclic) bond motifs is 5. The van der Waals surface area contributed by atoms with Crippen LogP contribution in [0.5, 0.6) is 0 Å². The molecule has 3 nitrogen and oxygen atoms in total. The van der Waals surface area contributed by atoms with Crippen LogP contribution in [0.25, 0.3) is 0 Å². The predicted molar refractivity (Wildman–Crippen MR) is 135 cm³/mol. The maximum atomic E-state index is 13.5.